The summed E-state index contributed by atoms with van der Waals surface area (Å²) in [6, 6.07) is 3.25. The summed E-state index contributed by atoms with van der Waals surface area (Å²) in [5.41, 5.74) is 0.454. The fourth-order valence-corrected chi connectivity index (χ4v) is 1.50. The summed E-state index contributed by atoms with van der Waals surface area (Å²) in [6.07, 6.45) is 1.93. The van der Waals surface area contributed by atoms with E-state index in [1.807, 2.05) is 0 Å². The number of ether oxygens (including phenoxy) is 1. The molecule has 0 N–H and O–H groups in total. The van der Waals surface area contributed by atoms with Crippen LogP contribution in [-0.2, 0) is 0 Å². The van der Waals surface area contributed by atoms with Crippen LogP contribution in [0.5, 0.6) is 5.75 Å². The Morgan fingerprint density at radius 3 is 2.72 bits per heavy atom. The third kappa shape index (κ3) is 4.21. The van der Waals surface area contributed by atoms with Crippen molar-refractivity contribution in [1.82, 2.24) is 9.88 Å². The minimum absolute atomic E-state index is 0.365. The summed E-state index contributed by atoms with van der Waals surface area (Å²) in [4.78, 5) is 15.5. The summed E-state index contributed by atoms with van der Waals surface area (Å²) < 4.78 is 5.56. The predicted octanol–water partition coefficient (Wildman–Crippen LogP) is 2.18. The lowest BCUT2D eigenvalue weighted by Crippen LogP contribution is -2.26. The highest BCUT2D eigenvalue weighted by Crippen LogP contribution is 2.17. The molecular formula is C11H14ClN3O3. The normalized spacial score (nSPS) is 13.0. The van der Waals surface area contributed by atoms with Gasteiger partial charge in [0.2, 0.25) is 0 Å². The lowest BCUT2D eigenvalue weighted by molar-refractivity contribution is -0.404. The van der Waals surface area contributed by atoms with Gasteiger partial charge in [-0.2, -0.15) is 0 Å². The third-order valence-corrected chi connectivity index (χ3v) is 2.41. The molecule has 18 heavy (non-hydrogen) atoms. The molecule has 7 heteroatoms. The molecule has 0 saturated carbocycles. The van der Waals surface area contributed by atoms with Crippen molar-refractivity contribution in [2.24, 2.45) is 0 Å². The topological polar surface area (TPSA) is 68.5 Å². The Hall–Kier alpha value is -1.82. The van der Waals surface area contributed by atoms with Crippen LogP contribution in [0.15, 0.2) is 30.2 Å². The summed E-state index contributed by atoms with van der Waals surface area (Å²) in [5, 5.41) is 10.9. The first-order valence-corrected chi connectivity index (χ1v) is 5.58. The van der Waals surface area contributed by atoms with Gasteiger partial charge in [-0.25, -0.2) is 4.98 Å². The van der Waals surface area contributed by atoms with Crippen LogP contribution in [0.2, 0.25) is 5.15 Å². The van der Waals surface area contributed by atoms with Crippen molar-refractivity contribution in [2.45, 2.75) is 13.0 Å². The Morgan fingerprint density at radius 2 is 2.28 bits per heavy atom. The first-order chi connectivity index (χ1) is 8.40. The maximum atomic E-state index is 10.5. The van der Waals surface area contributed by atoms with Crippen LogP contribution in [0.1, 0.15) is 6.92 Å². The second-order valence-electron chi connectivity index (χ2n) is 3.81. The van der Waals surface area contributed by atoms with Gasteiger partial charge in [-0.05, 0) is 19.1 Å². The minimum atomic E-state index is -0.505. The maximum Gasteiger partial charge on any atom is 0.257 e. The summed E-state index contributed by atoms with van der Waals surface area (Å²) in [6.45, 7) is 1.73. The van der Waals surface area contributed by atoms with Gasteiger partial charge in [-0.1, -0.05) is 11.6 Å². The molecule has 1 heterocycles. The highest BCUT2D eigenvalue weighted by atomic mass is 35.5. The monoisotopic (exact) mass is 271 g/mol. The van der Waals surface area contributed by atoms with E-state index in [0.29, 0.717) is 16.6 Å². The Labute approximate surface area is 110 Å². The second kappa shape index (κ2) is 6.20. The fourth-order valence-electron chi connectivity index (χ4n) is 1.39. The molecule has 0 aromatic carbocycles. The van der Waals surface area contributed by atoms with E-state index in [9.17, 15) is 10.1 Å². The molecule has 1 rings (SSSR count). The molecule has 0 radical (unpaired) electrons. The Morgan fingerprint density at radius 1 is 1.61 bits per heavy atom. The molecule has 0 bridgehead atoms. The molecule has 6 nitrogen and oxygen atoms in total. The number of hydrogen-bond acceptors (Lipinski definition) is 5. The predicted molar refractivity (Wildman–Crippen MR) is 68.1 cm³/mol. The van der Waals surface area contributed by atoms with Gasteiger partial charge in [0.05, 0.1) is 11.1 Å². The van der Waals surface area contributed by atoms with Crippen LogP contribution < -0.4 is 4.74 Å². The summed E-state index contributed by atoms with van der Waals surface area (Å²) >= 11 is 5.65. The Bertz CT molecular complexity index is 445. The molecule has 0 aliphatic rings. The molecule has 98 valence electrons. The van der Waals surface area contributed by atoms with E-state index in [1.54, 1.807) is 38.1 Å². The number of halogens is 1. The number of aromatic nitrogens is 1. The van der Waals surface area contributed by atoms with Crippen molar-refractivity contribution in [1.29, 1.82) is 0 Å². The fraction of sp³-hybridized carbons (Fsp3) is 0.364. The van der Waals surface area contributed by atoms with Crippen LogP contribution in [-0.4, -0.2) is 35.0 Å². The summed E-state index contributed by atoms with van der Waals surface area (Å²) in [5.74, 6) is 0.503. The molecule has 1 aromatic rings. The molecule has 1 unspecified atom stereocenters. The molecule has 0 aliphatic heterocycles. The van der Waals surface area contributed by atoms with Gasteiger partial charge >= 0.3 is 0 Å². The average molecular weight is 272 g/mol. The van der Waals surface area contributed by atoms with Crippen molar-refractivity contribution < 1.29 is 9.66 Å². The SMILES string of the molecule is CC(Oc1ccc(Cl)nc1)C(=C[N+](=O)[O-])N(C)C. The molecule has 1 aromatic heterocycles. The number of likely N-dealkylation sites (N-methyl/N-ethyl adjacent to an activating group) is 1. The highest BCUT2D eigenvalue weighted by molar-refractivity contribution is 6.29. The van der Waals surface area contributed by atoms with E-state index in [1.165, 1.54) is 6.20 Å². The van der Waals surface area contributed by atoms with Crippen LogP contribution in [0.4, 0.5) is 0 Å². The van der Waals surface area contributed by atoms with Crippen LogP contribution >= 0.6 is 11.6 Å². The van der Waals surface area contributed by atoms with E-state index >= 15 is 0 Å². The number of nitro groups is 1. The molecule has 0 spiro atoms. The van der Waals surface area contributed by atoms with Crippen LogP contribution in [0.3, 0.4) is 0 Å². The van der Waals surface area contributed by atoms with E-state index in [4.69, 9.17) is 16.3 Å². The maximum absolute atomic E-state index is 10.5. The number of hydrogen-bond donors (Lipinski definition) is 0. The van der Waals surface area contributed by atoms with Gasteiger partial charge in [0.25, 0.3) is 6.20 Å². The largest absolute Gasteiger partial charge is 0.483 e. The van der Waals surface area contributed by atoms with Crippen LogP contribution in [0, 0.1) is 10.1 Å². The van der Waals surface area contributed by atoms with Crippen molar-refractivity contribution >= 4 is 11.6 Å². The van der Waals surface area contributed by atoms with Crippen molar-refractivity contribution in [3.63, 3.8) is 0 Å². The zero-order chi connectivity index (χ0) is 13.7. The second-order valence-corrected chi connectivity index (χ2v) is 4.20. The number of pyridine rings is 1. The minimum Gasteiger partial charge on any atom is -0.483 e. The quantitative estimate of drug-likeness (QED) is 0.466. The average Bonchev–Trinajstić information content (AvgIpc) is 2.28. The zero-order valence-corrected chi connectivity index (χ0v) is 11.1. The molecular weight excluding hydrogens is 258 g/mol. The Balaban J connectivity index is 2.82. The van der Waals surface area contributed by atoms with Gasteiger partial charge in [-0.3, -0.25) is 10.1 Å². The molecule has 0 aliphatic carbocycles. The van der Waals surface area contributed by atoms with E-state index in [-0.39, 0.29) is 0 Å². The van der Waals surface area contributed by atoms with Gasteiger partial charge in [0.15, 0.2) is 0 Å². The number of rotatable bonds is 5. The lowest BCUT2D eigenvalue weighted by Gasteiger charge is -2.21. The molecule has 1 atom stereocenters. The van der Waals surface area contributed by atoms with Gasteiger partial charge in [-0.15, -0.1) is 0 Å². The smallest absolute Gasteiger partial charge is 0.257 e. The summed E-state index contributed by atoms with van der Waals surface area (Å²) in [7, 11) is 3.44. The van der Waals surface area contributed by atoms with E-state index < -0.39 is 11.0 Å². The molecule has 0 saturated heterocycles. The highest BCUT2D eigenvalue weighted by Gasteiger charge is 2.16. The van der Waals surface area contributed by atoms with E-state index in [0.717, 1.165) is 6.20 Å². The van der Waals surface area contributed by atoms with Crippen molar-refractivity contribution in [3.8, 4) is 5.75 Å². The Kier molecular flexibility index (Phi) is 4.91. The third-order valence-electron chi connectivity index (χ3n) is 2.18. The first kappa shape index (κ1) is 14.2. The van der Waals surface area contributed by atoms with Gasteiger partial charge in [0.1, 0.15) is 22.7 Å². The zero-order valence-electron chi connectivity index (χ0n) is 10.3. The molecule has 0 fully saturated rings. The first-order valence-electron chi connectivity index (χ1n) is 5.21. The van der Waals surface area contributed by atoms with Crippen LogP contribution in [0.25, 0.3) is 0 Å². The standard InChI is InChI=1S/C11H14ClN3O3/c1-8(10(14(2)3)7-15(16)17)18-9-4-5-11(12)13-6-9/h4-8H,1-3H3. The van der Waals surface area contributed by atoms with Gasteiger partial charge in [0, 0.05) is 14.1 Å². The van der Waals surface area contributed by atoms with Crippen molar-refractivity contribution in [2.75, 3.05) is 14.1 Å². The lowest BCUT2D eigenvalue weighted by atomic mass is 10.3. The van der Waals surface area contributed by atoms with Crippen molar-refractivity contribution in [3.05, 3.63) is 45.5 Å². The van der Waals surface area contributed by atoms with E-state index in [2.05, 4.69) is 4.98 Å². The van der Waals surface area contributed by atoms with Gasteiger partial charge < -0.3 is 9.64 Å². The molecule has 0 amide bonds. The number of nitrogens with zero attached hydrogens (tertiary/aromatic N) is 3.